The molecule has 6 aromatic rings. The molecule has 0 spiro atoms. The van der Waals surface area contributed by atoms with Crippen molar-refractivity contribution in [2.24, 2.45) is 0 Å². The first-order chi connectivity index (χ1) is 23.2. The van der Waals surface area contributed by atoms with Gasteiger partial charge in [-0.25, -0.2) is 9.48 Å². The Morgan fingerprint density at radius 3 is 2.29 bits per heavy atom. The van der Waals surface area contributed by atoms with Crippen molar-refractivity contribution in [3.8, 4) is 16.9 Å². The number of hydrogen-bond acceptors (Lipinski definition) is 7. The third kappa shape index (κ3) is 7.01. The molecule has 48 heavy (non-hydrogen) atoms. The van der Waals surface area contributed by atoms with E-state index in [1.807, 2.05) is 42.5 Å². The van der Waals surface area contributed by atoms with Gasteiger partial charge in [0.1, 0.15) is 11.3 Å². The standard InChI is InChI=1S/C36H28ClN5O6/c1-22(23-11-14-29(15-12-23)42(46)47)38-35(43)27-13-18-33-32(20-27)39-40-41(33)21-28-19-30(16-17-31(28)37)48-34(36(44)45)26-9-7-25(8-10-26)24-5-3-2-4-6-24/h2-20,22,34H,21H2,1H3,(H,38,43)(H,44,45)/t22-,34?/m0/s1. The third-order valence-corrected chi connectivity index (χ3v) is 8.23. The Morgan fingerprint density at radius 1 is 0.917 bits per heavy atom. The van der Waals surface area contributed by atoms with Crippen molar-refractivity contribution in [2.45, 2.75) is 25.6 Å². The van der Waals surface area contributed by atoms with Crippen molar-refractivity contribution in [2.75, 3.05) is 0 Å². The zero-order valence-electron chi connectivity index (χ0n) is 25.5. The lowest BCUT2D eigenvalue weighted by Gasteiger charge is -2.17. The van der Waals surface area contributed by atoms with Gasteiger partial charge in [-0.1, -0.05) is 83.5 Å². The van der Waals surface area contributed by atoms with Crippen molar-refractivity contribution < 1.29 is 24.4 Å². The molecule has 0 saturated heterocycles. The summed E-state index contributed by atoms with van der Waals surface area (Å²) in [5.74, 6) is -1.16. The number of carbonyl (C=O) groups excluding carboxylic acids is 1. The van der Waals surface area contributed by atoms with E-state index in [4.69, 9.17) is 16.3 Å². The van der Waals surface area contributed by atoms with Gasteiger partial charge in [0.15, 0.2) is 0 Å². The number of nitro benzene ring substituents is 1. The highest BCUT2D eigenvalue weighted by molar-refractivity contribution is 6.31. The molecule has 0 fully saturated rings. The molecule has 0 radical (unpaired) electrons. The minimum absolute atomic E-state index is 0.0270. The van der Waals surface area contributed by atoms with E-state index < -0.39 is 23.0 Å². The molecule has 1 aromatic heterocycles. The summed E-state index contributed by atoms with van der Waals surface area (Å²) >= 11 is 6.53. The minimum Gasteiger partial charge on any atom is -0.478 e. The number of hydrogen-bond donors (Lipinski definition) is 2. The van der Waals surface area contributed by atoms with Crippen molar-refractivity contribution in [1.82, 2.24) is 20.3 Å². The van der Waals surface area contributed by atoms with E-state index in [0.29, 0.717) is 38.5 Å². The number of nitro groups is 1. The average Bonchev–Trinajstić information content (AvgIpc) is 3.50. The number of fused-ring (bicyclic) bond motifs is 1. The number of nitrogens with one attached hydrogen (secondary N) is 1. The van der Waals surface area contributed by atoms with E-state index in [1.54, 1.807) is 72.3 Å². The Labute approximate surface area is 279 Å². The number of carboxylic acids is 1. The fraction of sp³-hybridized carbons (Fsp3) is 0.111. The van der Waals surface area contributed by atoms with Gasteiger partial charge in [0.2, 0.25) is 6.10 Å². The smallest absolute Gasteiger partial charge is 0.349 e. The molecule has 1 unspecified atom stereocenters. The molecule has 6 rings (SSSR count). The van der Waals surface area contributed by atoms with Crippen LogP contribution in [0.25, 0.3) is 22.2 Å². The molecular formula is C36H28ClN5O6. The van der Waals surface area contributed by atoms with E-state index in [2.05, 4.69) is 15.6 Å². The molecular weight excluding hydrogens is 634 g/mol. The first-order valence-electron chi connectivity index (χ1n) is 14.9. The Hall–Kier alpha value is -6.07. The van der Waals surface area contributed by atoms with Gasteiger partial charge < -0.3 is 15.2 Å². The van der Waals surface area contributed by atoms with Crippen LogP contribution in [0.3, 0.4) is 0 Å². The molecule has 1 heterocycles. The van der Waals surface area contributed by atoms with Crippen LogP contribution >= 0.6 is 11.6 Å². The molecule has 12 heteroatoms. The number of nitrogens with zero attached hydrogens (tertiary/aromatic N) is 4. The zero-order valence-corrected chi connectivity index (χ0v) is 26.2. The van der Waals surface area contributed by atoms with Gasteiger partial charge in [-0.05, 0) is 65.6 Å². The van der Waals surface area contributed by atoms with Gasteiger partial charge in [-0.2, -0.15) is 0 Å². The summed E-state index contributed by atoms with van der Waals surface area (Å²) in [6, 6.07) is 32.5. The lowest BCUT2D eigenvalue weighted by atomic mass is 10.0. The summed E-state index contributed by atoms with van der Waals surface area (Å²) < 4.78 is 7.58. The maximum atomic E-state index is 13.0. The second-order valence-electron chi connectivity index (χ2n) is 11.1. The molecule has 0 bridgehead atoms. The number of carbonyl (C=O) groups is 2. The van der Waals surface area contributed by atoms with E-state index in [9.17, 15) is 24.8 Å². The number of amides is 1. The molecule has 0 aliphatic heterocycles. The first-order valence-corrected chi connectivity index (χ1v) is 15.3. The number of aromatic nitrogens is 3. The highest BCUT2D eigenvalue weighted by atomic mass is 35.5. The van der Waals surface area contributed by atoms with E-state index in [-0.39, 0.29) is 18.1 Å². The normalized spacial score (nSPS) is 12.3. The lowest BCUT2D eigenvalue weighted by molar-refractivity contribution is -0.384. The number of halogens is 1. The third-order valence-electron chi connectivity index (χ3n) is 7.86. The van der Waals surface area contributed by atoms with Gasteiger partial charge in [0.05, 0.1) is 23.0 Å². The number of ether oxygens (including phenoxy) is 1. The predicted molar refractivity (Wildman–Crippen MR) is 180 cm³/mol. The minimum atomic E-state index is -1.25. The van der Waals surface area contributed by atoms with Gasteiger partial charge >= 0.3 is 5.97 Å². The average molecular weight is 662 g/mol. The van der Waals surface area contributed by atoms with Crippen LogP contribution in [0.1, 0.15) is 46.1 Å². The Bertz CT molecular complexity index is 2120. The number of benzene rings is 5. The Morgan fingerprint density at radius 2 is 1.60 bits per heavy atom. The first kappa shape index (κ1) is 31.9. The Kier molecular flexibility index (Phi) is 9.13. The quantitative estimate of drug-likeness (QED) is 0.108. The van der Waals surface area contributed by atoms with Crippen LogP contribution in [0.2, 0.25) is 5.02 Å². The van der Waals surface area contributed by atoms with Gasteiger partial charge in [0, 0.05) is 28.3 Å². The maximum Gasteiger partial charge on any atom is 0.349 e. The summed E-state index contributed by atoms with van der Waals surface area (Å²) in [4.78, 5) is 35.7. The molecule has 0 aliphatic carbocycles. The molecule has 2 atom stereocenters. The van der Waals surface area contributed by atoms with Crippen LogP contribution in [0.5, 0.6) is 5.75 Å². The molecule has 1 amide bonds. The number of aliphatic carboxylic acids is 1. The van der Waals surface area contributed by atoms with Gasteiger partial charge in [0.25, 0.3) is 11.6 Å². The maximum absolute atomic E-state index is 13.0. The van der Waals surface area contributed by atoms with Crippen molar-refractivity contribution in [3.05, 3.63) is 153 Å². The van der Waals surface area contributed by atoms with Crippen LogP contribution < -0.4 is 10.1 Å². The van der Waals surface area contributed by atoms with E-state index in [1.165, 1.54) is 12.1 Å². The highest BCUT2D eigenvalue weighted by Gasteiger charge is 2.23. The SMILES string of the molecule is C[C@H](NC(=O)c1ccc2c(c1)nnn2Cc1cc(OC(C(=O)O)c2ccc(-c3ccccc3)cc2)ccc1Cl)c1ccc([N+](=O)[O-])cc1. The monoisotopic (exact) mass is 661 g/mol. The second-order valence-corrected chi connectivity index (χ2v) is 11.5. The topological polar surface area (TPSA) is 149 Å². The number of carboxylic acid groups (broad SMARTS) is 1. The summed E-state index contributed by atoms with van der Waals surface area (Å²) in [6.45, 7) is 1.99. The number of non-ortho nitro benzene ring substituents is 1. The molecule has 0 saturated carbocycles. The van der Waals surface area contributed by atoms with Crippen LogP contribution in [0.4, 0.5) is 5.69 Å². The van der Waals surface area contributed by atoms with E-state index in [0.717, 1.165) is 16.7 Å². The fourth-order valence-electron chi connectivity index (χ4n) is 5.26. The van der Waals surface area contributed by atoms with Crippen LogP contribution in [-0.4, -0.2) is 36.9 Å². The molecule has 5 aromatic carbocycles. The predicted octanol–water partition coefficient (Wildman–Crippen LogP) is 7.40. The van der Waals surface area contributed by atoms with Crippen LogP contribution in [0.15, 0.2) is 115 Å². The molecule has 2 N–H and O–H groups in total. The van der Waals surface area contributed by atoms with Gasteiger partial charge in [-0.3, -0.25) is 14.9 Å². The van der Waals surface area contributed by atoms with Crippen LogP contribution in [0, 0.1) is 10.1 Å². The summed E-state index contributed by atoms with van der Waals surface area (Å²) in [6.07, 6.45) is -1.25. The van der Waals surface area contributed by atoms with Crippen molar-refractivity contribution in [1.29, 1.82) is 0 Å². The summed E-state index contributed by atoms with van der Waals surface area (Å²) in [5.41, 5.74) is 5.30. The molecule has 240 valence electrons. The second kappa shape index (κ2) is 13.7. The zero-order chi connectivity index (χ0) is 33.8. The fourth-order valence-corrected chi connectivity index (χ4v) is 5.44. The molecule has 0 aliphatic rings. The summed E-state index contributed by atoms with van der Waals surface area (Å²) in [5, 5.41) is 32.7. The Balaban J connectivity index is 1.16. The largest absolute Gasteiger partial charge is 0.478 e. The van der Waals surface area contributed by atoms with Crippen molar-refractivity contribution >= 4 is 40.2 Å². The van der Waals surface area contributed by atoms with E-state index >= 15 is 0 Å². The lowest BCUT2D eigenvalue weighted by Crippen LogP contribution is -2.26. The number of rotatable bonds is 11. The van der Waals surface area contributed by atoms with Crippen LogP contribution in [-0.2, 0) is 11.3 Å². The van der Waals surface area contributed by atoms with Crippen molar-refractivity contribution in [3.63, 3.8) is 0 Å². The highest BCUT2D eigenvalue weighted by Crippen LogP contribution is 2.30. The van der Waals surface area contributed by atoms with Gasteiger partial charge in [-0.15, -0.1) is 5.10 Å². The summed E-state index contributed by atoms with van der Waals surface area (Å²) in [7, 11) is 0. The molecule has 11 nitrogen and oxygen atoms in total.